The van der Waals surface area contributed by atoms with Crippen LogP contribution in [0.2, 0.25) is 0 Å². The van der Waals surface area contributed by atoms with Crippen molar-refractivity contribution in [2.45, 2.75) is 13.0 Å². The number of carbonyl (C=O) groups excluding carboxylic acids is 1. The highest BCUT2D eigenvalue weighted by Crippen LogP contribution is 2.24. The van der Waals surface area contributed by atoms with Gasteiger partial charge in [-0.3, -0.25) is 4.79 Å². The molecular weight excluding hydrogens is 331 g/mol. The van der Waals surface area contributed by atoms with Crippen molar-refractivity contribution >= 4 is 5.91 Å². The predicted octanol–water partition coefficient (Wildman–Crippen LogP) is 4.21. The maximum atomic E-state index is 13.5. The van der Waals surface area contributed by atoms with Gasteiger partial charge in [-0.1, -0.05) is 18.2 Å². The van der Waals surface area contributed by atoms with Crippen LogP contribution < -0.4 is 4.74 Å². The Balaban J connectivity index is 1.52. The van der Waals surface area contributed by atoms with Gasteiger partial charge in [-0.15, -0.1) is 0 Å². The number of aromatic nitrogens is 1. The summed E-state index contributed by atoms with van der Waals surface area (Å²) < 4.78 is 19.2. The third-order valence-corrected chi connectivity index (χ3v) is 4.41. The third-order valence-electron chi connectivity index (χ3n) is 4.41. The van der Waals surface area contributed by atoms with Crippen LogP contribution in [-0.2, 0) is 13.0 Å². The first-order chi connectivity index (χ1) is 12.7. The van der Waals surface area contributed by atoms with E-state index in [9.17, 15) is 9.18 Å². The molecule has 0 fully saturated rings. The number of benzene rings is 2. The number of halogens is 1. The van der Waals surface area contributed by atoms with Crippen LogP contribution in [0.25, 0.3) is 0 Å². The van der Waals surface area contributed by atoms with Crippen molar-refractivity contribution in [1.29, 1.82) is 0 Å². The van der Waals surface area contributed by atoms with Crippen LogP contribution in [-0.4, -0.2) is 22.3 Å². The largest absolute Gasteiger partial charge is 0.439 e. The summed E-state index contributed by atoms with van der Waals surface area (Å²) in [6.45, 7) is 1.03. The number of pyridine rings is 1. The summed E-state index contributed by atoms with van der Waals surface area (Å²) in [4.78, 5) is 18.7. The molecule has 0 radical (unpaired) electrons. The number of amides is 1. The summed E-state index contributed by atoms with van der Waals surface area (Å²) in [6, 6.07) is 17.2. The van der Waals surface area contributed by atoms with Gasteiger partial charge in [0.2, 0.25) is 5.88 Å². The van der Waals surface area contributed by atoms with Gasteiger partial charge in [-0.25, -0.2) is 9.37 Å². The molecule has 0 aliphatic carbocycles. The molecule has 0 bridgehead atoms. The fourth-order valence-electron chi connectivity index (χ4n) is 3.10. The molecule has 0 atom stereocenters. The molecule has 130 valence electrons. The van der Waals surface area contributed by atoms with Gasteiger partial charge >= 0.3 is 0 Å². The summed E-state index contributed by atoms with van der Waals surface area (Å²) in [5.74, 6) is 0.660. The fraction of sp³-hybridized carbons (Fsp3) is 0.143. The van der Waals surface area contributed by atoms with Gasteiger partial charge in [0.15, 0.2) is 0 Å². The molecular formula is C21H17FN2O2. The number of rotatable bonds is 3. The van der Waals surface area contributed by atoms with E-state index in [2.05, 4.69) is 4.98 Å². The molecule has 3 aromatic rings. The Morgan fingerprint density at radius 2 is 1.96 bits per heavy atom. The lowest BCUT2D eigenvalue weighted by atomic mass is 9.99. The van der Waals surface area contributed by atoms with Crippen LogP contribution >= 0.6 is 0 Å². The van der Waals surface area contributed by atoms with Crippen LogP contribution in [0.3, 0.4) is 0 Å². The zero-order valence-electron chi connectivity index (χ0n) is 14.1. The van der Waals surface area contributed by atoms with Gasteiger partial charge in [0.05, 0.1) is 0 Å². The molecule has 1 aliphatic rings. The van der Waals surface area contributed by atoms with Crippen LogP contribution in [0.1, 0.15) is 21.5 Å². The Bertz CT molecular complexity index is 944. The van der Waals surface area contributed by atoms with E-state index in [4.69, 9.17) is 4.74 Å². The highest BCUT2D eigenvalue weighted by molar-refractivity contribution is 5.94. The van der Waals surface area contributed by atoms with Gasteiger partial charge in [0.1, 0.15) is 11.6 Å². The van der Waals surface area contributed by atoms with Crippen molar-refractivity contribution in [2.75, 3.05) is 6.54 Å². The summed E-state index contributed by atoms with van der Waals surface area (Å²) >= 11 is 0. The smallest absolute Gasteiger partial charge is 0.254 e. The molecule has 4 rings (SSSR count). The van der Waals surface area contributed by atoms with Crippen molar-refractivity contribution < 1.29 is 13.9 Å². The number of nitrogens with zero attached hydrogens (tertiary/aromatic N) is 2. The zero-order chi connectivity index (χ0) is 17.9. The van der Waals surface area contributed by atoms with Crippen molar-refractivity contribution in [3.63, 3.8) is 0 Å². The number of hydrogen-bond acceptors (Lipinski definition) is 3. The highest BCUT2D eigenvalue weighted by atomic mass is 19.1. The van der Waals surface area contributed by atoms with Crippen LogP contribution in [0.4, 0.5) is 4.39 Å². The molecule has 0 unspecified atom stereocenters. The molecule has 0 saturated carbocycles. The van der Waals surface area contributed by atoms with Crippen molar-refractivity contribution in [3.8, 4) is 11.6 Å². The lowest BCUT2D eigenvalue weighted by molar-refractivity contribution is 0.0734. The molecule has 1 aromatic heterocycles. The minimum Gasteiger partial charge on any atom is -0.439 e. The molecule has 1 amide bonds. The molecule has 0 spiro atoms. The van der Waals surface area contributed by atoms with E-state index in [0.29, 0.717) is 30.3 Å². The number of ether oxygens (including phenoxy) is 1. The minimum absolute atomic E-state index is 0.0913. The Labute approximate surface area is 150 Å². The van der Waals surface area contributed by atoms with Crippen molar-refractivity contribution in [1.82, 2.24) is 9.88 Å². The topological polar surface area (TPSA) is 42.4 Å². The zero-order valence-corrected chi connectivity index (χ0v) is 14.1. The van der Waals surface area contributed by atoms with Gasteiger partial charge in [0.25, 0.3) is 5.91 Å². The van der Waals surface area contributed by atoms with E-state index in [1.165, 1.54) is 12.1 Å². The van der Waals surface area contributed by atoms with E-state index in [1.807, 2.05) is 12.1 Å². The molecule has 2 aromatic carbocycles. The Morgan fingerprint density at radius 1 is 1.04 bits per heavy atom. The highest BCUT2D eigenvalue weighted by Gasteiger charge is 2.22. The number of fused-ring (bicyclic) bond motifs is 1. The average Bonchev–Trinajstić information content (AvgIpc) is 2.68. The summed E-state index contributed by atoms with van der Waals surface area (Å²) in [6.07, 6.45) is 2.38. The second kappa shape index (κ2) is 6.96. The SMILES string of the molecule is O=C(c1cccc(Oc2ccccn2)c1)N1CCc2ccc(F)cc2C1. The van der Waals surface area contributed by atoms with Crippen LogP contribution in [0.5, 0.6) is 11.6 Å². The lowest BCUT2D eigenvalue weighted by Crippen LogP contribution is -2.36. The second-order valence-electron chi connectivity index (χ2n) is 6.19. The quantitative estimate of drug-likeness (QED) is 0.712. The van der Waals surface area contributed by atoms with Crippen molar-refractivity contribution in [2.24, 2.45) is 0 Å². The van der Waals surface area contributed by atoms with E-state index in [1.54, 1.807) is 47.5 Å². The van der Waals surface area contributed by atoms with Gasteiger partial charge < -0.3 is 9.64 Å². The molecule has 2 heterocycles. The fourth-order valence-corrected chi connectivity index (χ4v) is 3.10. The maximum Gasteiger partial charge on any atom is 0.254 e. The second-order valence-corrected chi connectivity index (χ2v) is 6.19. The third kappa shape index (κ3) is 3.42. The molecule has 0 N–H and O–H groups in total. The van der Waals surface area contributed by atoms with E-state index in [0.717, 1.165) is 17.5 Å². The molecule has 0 saturated heterocycles. The predicted molar refractivity (Wildman–Crippen MR) is 95.6 cm³/mol. The van der Waals surface area contributed by atoms with E-state index in [-0.39, 0.29) is 11.7 Å². The Hall–Kier alpha value is -3.21. The van der Waals surface area contributed by atoms with E-state index < -0.39 is 0 Å². The summed E-state index contributed by atoms with van der Waals surface area (Å²) in [5.41, 5.74) is 2.51. The molecule has 1 aliphatic heterocycles. The van der Waals surface area contributed by atoms with E-state index >= 15 is 0 Å². The minimum atomic E-state index is -0.274. The number of carbonyl (C=O) groups is 1. The molecule has 5 heteroatoms. The standard InChI is InChI=1S/C21H17FN2O2/c22-18-8-7-15-9-11-24(14-17(15)12-18)21(25)16-4-3-5-19(13-16)26-20-6-1-2-10-23-20/h1-8,10,12-13H,9,11,14H2. The van der Waals surface area contributed by atoms with Gasteiger partial charge in [-0.05, 0) is 53.9 Å². The Morgan fingerprint density at radius 3 is 2.81 bits per heavy atom. The van der Waals surface area contributed by atoms with Crippen LogP contribution in [0, 0.1) is 5.82 Å². The van der Waals surface area contributed by atoms with Gasteiger partial charge in [0, 0.05) is 30.9 Å². The van der Waals surface area contributed by atoms with Crippen LogP contribution in [0.15, 0.2) is 66.9 Å². The first-order valence-electron chi connectivity index (χ1n) is 8.44. The molecule has 4 nitrogen and oxygen atoms in total. The maximum absolute atomic E-state index is 13.5. The van der Waals surface area contributed by atoms with Gasteiger partial charge in [-0.2, -0.15) is 0 Å². The first kappa shape index (κ1) is 16.3. The lowest BCUT2D eigenvalue weighted by Gasteiger charge is -2.29. The molecule has 26 heavy (non-hydrogen) atoms. The Kier molecular flexibility index (Phi) is 4.35. The normalized spacial score (nSPS) is 13.2. The summed E-state index contributed by atoms with van der Waals surface area (Å²) in [7, 11) is 0. The van der Waals surface area contributed by atoms with Crippen molar-refractivity contribution in [3.05, 3.63) is 89.4 Å². The summed E-state index contributed by atoms with van der Waals surface area (Å²) in [5, 5.41) is 0. The first-order valence-corrected chi connectivity index (χ1v) is 8.44. The average molecular weight is 348 g/mol. The monoisotopic (exact) mass is 348 g/mol. The number of hydrogen-bond donors (Lipinski definition) is 0.